The second kappa shape index (κ2) is 13.3. The van der Waals surface area contributed by atoms with Gasteiger partial charge >= 0.3 is 0 Å². The summed E-state index contributed by atoms with van der Waals surface area (Å²) in [6.07, 6.45) is 0. The molecule has 56 heavy (non-hydrogen) atoms. The Morgan fingerprint density at radius 3 is 1.55 bits per heavy atom. The molecule has 0 atom stereocenters. The number of hydrogen-bond acceptors (Lipinski definition) is 5. The van der Waals surface area contributed by atoms with E-state index >= 15 is 0 Å². The predicted molar refractivity (Wildman–Crippen MR) is 233 cm³/mol. The van der Waals surface area contributed by atoms with Crippen LogP contribution in [0.25, 0.3) is 110 Å². The van der Waals surface area contributed by atoms with E-state index in [0.717, 1.165) is 49.8 Å². The summed E-state index contributed by atoms with van der Waals surface area (Å²) in [4.78, 5) is 15.2. The molecule has 5 heteroatoms. The van der Waals surface area contributed by atoms with E-state index in [1.807, 2.05) is 41.7 Å². The fourth-order valence-corrected chi connectivity index (χ4v) is 8.92. The molecular weight excluding hydrogens is 703 g/mol. The number of benzene rings is 8. The molecule has 0 saturated carbocycles. The zero-order valence-corrected chi connectivity index (χ0v) is 30.9. The first-order chi connectivity index (χ1) is 27.7. The van der Waals surface area contributed by atoms with Crippen LogP contribution in [0.1, 0.15) is 0 Å². The molecule has 3 aromatic heterocycles. The van der Waals surface area contributed by atoms with Gasteiger partial charge in [-0.1, -0.05) is 158 Å². The van der Waals surface area contributed by atoms with Crippen LogP contribution in [0.2, 0.25) is 0 Å². The summed E-state index contributed by atoms with van der Waals surface area (Å²) < 4.78 is 8.83. The summed E-state index contributed by atoms with van der Waals surface area (Å²) in [5.74, 6) is 1.82. The van der Waals surface area contributed by atoms with Gasteiger partial charge in [0.1, 0.15) is 11.2 Å². The van der Waals surface area contributed by atoms with Crippen molar-refractivity contribution in [3.8, 4) is 67.5 Å². The van der Waals surface area contributed by atoms with Crippen molar-refractivity contribution in [3.05, 3.63) is 188 Å². The number of hydrogen-bond donors (Lipinski definition) is 0. The molecule has 4 nitrogen and oxygen atoms in total. The summed E-state index contributed by atoms with van der Waals surface area (Å²) >= 11 is 1.85. The molecule has 262 valence electrons. The molecule has 0 radical (unpaired) electrons. The molecule has 0 unspecified atom stereocenters. The van der Waals surface area contributed by atoms with E-state index in [1.165, 1.54) is 42.4 Å². The van der Waals surface area contributed by atoms with Gasteiger partial charge in [0.2, 0.25) is 0 Å². The fraction of sp³-hybridized carbons (Fsp3) is 0. The van der Waals surface area contributed by atoms with Crippen LogP contribution in [0.5, 0.6) is 0 Å². The number of fused-ring (bicyclic) bond motifs is 6. The number of aromatic nitrogens is 3. The van der Waals surface area contributed by atoms with Gasteiger partial charge in [-0.25, -0.2) is 15.0 Å². The van der Waals surface area contributed by atoms with Crippen LogP contribution in [0.4, 0.5) is 0 Å². The van der Waals surface area contributed by atoms with Crippen molar-refractivity contribution in [3.63, 3.8) is 0 Å². The van der Waals surface area contributed by atoms with Crippen LogP contribution in [0.15, 0.2) is 192 Å². The Morgan fingerprint density at radius 2 is 0.839 bits per heavy atom. The van der Waals surface area contributed by atoms with Crippen molar-refractivity contribution in [2.45, 2.75) is 0 Å². The van der Waals surface area contributed by atoms with Crippen LogP contribution in [-0.2, 0) is 0 Å². The maximum Gasteiger partial charge on any atom is 0.164 e. The SMILES string of the molecule is c1ccc(-c2ccc(-c3nc(-c4ccc(-c5cccc6c5sc5ccc(-c7ccccc7)cc56)cc4)nc(-c4ccc5c(c4)oc4ccccc45)n3)cc2)cc1. The highest BCUT2D eigenvalue weighted by molar-refractivity contribution is 7.26. The maximum absolute atomic E-state index is 6.26. The Kier molecular flexibility index (Phi) is 7.64. The minimum Gasteiger partial charge on any atom is -0.456 e. The maximum atomic E-state index is 6.26. The van der Waals surface area contributed by atoms with Crippen molar-refractivity contribution in [1.29, 1.82) is 0 Å². The van der Waals surface area contributed by atoms with Crippen LogP contribution < -0.4 is 0 Å². The number of nitrogens with zero attached hydrogens (tertiary/aromatic N) is 3. The lowest BCUT2D eigenvalue weighted by Gasteiger charge is -2.10. The van der Waals surface area contributed by atoms with E-state index < -0.39 is 0 Å². The lowest BCUT2D eigenvalue weighted by molar-refractivity contribution is 0.669. The normalized spacial score (nSPS) is 11.6. The molecule has 0 N–H and O–H groups in total. The summed E-state index contributed by atoms with van der Waals surface area (Å²) in [6.45, 7) is 0. The van der Waals surface area contributed by atoms with Gasteiger partial charge in [0.15, 0.2) is 17.5 Å². The predicted octanol–water partition coefficient (Wildman–Crippen LogP) is 14.1. The van der Waals surface area contributed by atoms with Crippen molar-refractivity contribution < 1.29 is 4.42 Å². The van der Waals surface area contributed by atoms with Crippen LogP contribution in [0, 0.1) is 0 Å². The Morgan fingerprint density at radius 1 is 0.321 bits per heavy atom. The highest BCUT2D eigenvalue weighted by Crippen LogP contribution is 2.42. The Bertz CT molecular complexity index is 3220. The Balaban J connectivity index is 0.997. The molecule has 11 rings (SSSR count). The van der Waals surface area contributed by atoms with Gasteiger partial charge in [0.25, 0.3) is 0 Å². The van der Waals surface area contributed by atoms with Crippen LogP contribution >= 0.6 is 11.3 Å². The van der Waals surface area contributed by atoms with Gasteiger partial charge in [-0.15, -0.1) is 11.3 Å². The third kappa shape index (κ3) is 5.65. The standard InChI is InChI=1S/C51H31N3OS/c1-3-10-32(11-4-1)34-18-22-36(23-19-34)49-52-50(54-51(53-49)39-26-28-42-41-14-7-8-17-45(41)55-46(42)31-39)37-24-20-35(21-25-37)40-15-9-16-43-44-30-38(33-12-5-2-6-13-33)27-29-47(44)56-48(40)43/h1-31H. The van der Waals surface area contributed by atoms with E-state index in [2.05, 4.69) is 158 Å². The highest BCUT2D eigenvalue weighted by atomic mass is 32.1. The fourth-order valence-electron chi connectivity index (χ4n) is 7.71. The van der Waals surface area contributed by atoms with Gasteiger partial charge in [-0.3, -0.25) is 0 Å². The molecule has 0 spiro atoms. The number of furan rings is 1. The van der Waals surface area contributed by atoms with Crippen molar-refractivity contribution >= 4 is 53.4 Å². The quantitative estimate of drug-likeness (QED) is 0.171. The number of rotatable bonds is 6. The summed E-state index contributed by atoms with van der Waals surface area (Å²) in [7, 11) is 0. The largest absolute Gasteiger partial charge is 0.456 e. The third-order valence-electron chi connectivity index (χ3n) is 10.6. The first kappa shape index (κ1) is 32.2. The number of para-hydroxylation sites is 1. The molecule has 0 aliphatic rings. The monoisotopic (exact) mass is 733 g/mol. The molecule has 0 aliphatic carbocycles. The molecule has 11 aromatic rings. The summed E-state index contributed by atoms with van der Waals surface area (Å²) in [5, 5.41) is 4.72. The minimum atomic E-state index is 0.591. The van der Waals surface area contributed by atoms with Crippen molar-refractivity contribution in [1.82, 2.24) is 15.0 Å². The molecule has 0 saturated heterocycles. The van der Waals surface area contributed by atoms with Crippen LogP contribution in [-0.4, -0.2) is 15.0 Å². The van der Waals surface area contributed by atoms with E-state index in [9.17, 15) is 0 Å². The molecule has 0 aliphatic heterocycles. The molecule has 3 heterocycles. The van der Waals surface area contributed by atoms with E-state index in [-0.39, 0.29) is 0 Å². The minimum absolute atomic E-state index is 0.591. The second-order valence-corrected chi connectivity index (χ2v) is 15.0. The lowest BCUT2D eigenvalue weighted by atomic mass is 9.99. The van der Waals surface area contributed by atoms with E-state index in [0.29, 0.717) is 17.5 Å². The van der Waals surface area contributed by atoms with E-state index in [1.54, 1.807) is 0 Å². The molecule has 0 amide bonds. The Hall–Kier alpha value is -7.21. The molecular formula is C51H31N3OS. The highest BCUT2D eigenvalue weighted by Gasteiger charge is 2.16. The van der Waals surface area contributed by atoms with Crippen LogP contribution in [0.3, 0.4) is 0 Å². The first-order valence-electron chi connectivity index (χ1n) is 18.7. The van der Waals surface area contributed by atoms with Crippen molar-refractivity contribution in [2.75, 3.05) is 0 Å². The molecule has 0 fully saturated rings. The lowest BCUT2D eigenvalue weighted by Crippen LogP contribution is -2.00. The first-order valence-corrected chi connectivity index (χ1v) is 19.5. The molecule has 0 bridgehead atoms. The van der Waals surface area contributed by atoms with Crippen molar-refractivity contribution in [2.24, 2.45) is 0 Å². The average molecular weight is 734 g/mol. The average Bonchev–Trinajstić information content (AvgIpc) is 3.85. The molecule has 8 aromatic carbocycles. The summed E-state index contributed by atoms with van der Waals surface area (Å²) in [5.41, 5.74) is 11.5. The van der Waals surface area contributed by atoms with Gasteiger partial charge in [0, 0.05) is 47.6 Å². The zero-order valence-electron chi connectivity index (χ0n) is 30.1. The summed E-state index contributed by atoms with van der Waals surface area (Å²) in [6, 6.07) is 65.8. The van der Waals surface area contributed by atoms with E-state index in [4.69, 9.17) is 19.4 Å². The zero-order chi connectivity index (χ0) is 37.0. The topological polar surface area (TPSA) is 51.8 Å². The smallest absolute Gasteiger partial charge is 0.164 e. The third-order valence-corrected chi connectivity index (χ3v) is 11.8. The van der Waals surface area contributed by atoms with Gasteiger partial charge in [-0.05, 0) is 63.7 Å². The van der Waals surface area contributed by atoms with Gasteiger partial charge < -0.3 is 4.42 Å². The number of thiophene rings is 1. The Labute approximate surface area is 327 Å². The second-order valence-electron chi connectivity index (χ2n) is 14.0. The van der Waals surface area contributed by atoms with Gasteiger partial charge in [0.05, 0.1) is 0 Å². The van der Waals surface area contributed by atoms with Gasteiger partial charge in [-0.2, -0.15) is 0 Å².